The van der Waals surface area contributed by atoms with Crippen LogP contribution in [0.15, 0.2) is 76.4 Å². The van der Waals surface area contributed by atoms with E-state index in [2.05, 4.69) is 29.2 Å². The fraction of sp³-hybridized carbons (Fsp3) is 0.448. The Labute approximate surface area is 219 Å². The molecule has 37 heavy (non-hydrogen) atoms. The molecule has 0 unspecified atom stereocenters. The number of H-pyrrole nitrogens is 1. The molecule has 1 fully saturated rings. The first-order chi connectivity index (χ1) is 17.6. The van der Waals surface area contributed by atoms with E-state index in [9.17, 15) is 14.7 Å². The molecule has 3 aromatic rings. The summed E-state index contributed by atoms with van der Waals surface area (Å²) in [5, 5.41) is 10.9. The molecule has 0 radical (unpaired) electrons. The van der Waals surface area contributed by atoms with Crippen LogP contribution in [0.4, 0.5) is 0 Å². The minimum atomic E-state index is -2.31. The summed E-state index contributed by atoms with van der Waals surface area (Å²) >= 11 is 0. The number of aromatic amines is 1. The predicted octanol–water partition coefficient (Wildman–Crippen LogP) is 2.07. The zero-order chi connectivity index (χ0) is 26.6. The van der Waals surface area contributed by atoms with Gasteiger partial charge in [-0.25, -0.2) is 4.79 Å². The average Bonchev–Trinajstić information content (AvgIpc) is 3.23. The molecular weight excluding hydrogens is 484 g/mol. The molecule has 1 saturated heterocycles. The zero-order valence-corrected chi connectivity index (χ0v) is 23.3. The molecule has 0 bridgehead atoms. The van der Waals surface area contributed by atoms with E-state index >= 15 is 0 Å². The van der Waals surface area contributed by atoms with Crippen LogP contribution in [0, 0.1) is 12.8 Å². The van der Waals surface area contributed by atoms with Crippen molar-refractivity contribution in [2.75, 3.05) is 13.2 Å². The number of hydrogen-bond donors (Lipinski definition) is 2. The van der Waals surface area contributed by atoms with E-state index in [0.29, 0.717) is 25.0 Å². The summed E-state index contributed by atoms with van der Waals surface area (Å²) in [5.74, 6) is 0.0658. The van der Waals surface area contributed by atoms with Gasteiger partial charge >= 0.3 is 5.69 Å². The maximum Gasteiger partial charge on any atom is 0.330 e. The van der Waals surface area contributed by atoms with Crippen molar-refractivity contribution >= 4 is 19.2 Å². The largest absolute Gasteiger partial charge is 0.396 e. The molecule has 0 spiro atoms. The highest BCUT2D eigenvalue weighted by Gasteiger charge is 2.54. The molecule has 2 N–H and O–H groups in total. The standard InChI is InChI=1S/C29H38N2O5Si/c1-21-19-31(27(34)30-26(21)33)29(18-22(12-11-17-32)25(36-29)20-35-28(2,3)4)37(23-13-7-5-8-14-23)24-15-9-6-10-16-24/h5-10,13-16,19,22,25,32,37H,11-12,17-18,20H2,1-4H3,(H,30,33,34)/t22-,25+,29-/m0/s1. The van der Waals surface area contributed by atoms with Gasteiger partial charge < -0.3 is 14.6 Å². The van der Waals surface area contributed by atoms with Crippen molar-refractivity contribution in [3.05, 3.63) is 93.3 Å². The lowest BCUT2D eigenvalue weighted by molar-refractivity contribution is -0.107. The molecule has 1 aliphatic heterocycles. The summed E-state index contributed by atoms with van der Waals surface area (Å²) in [5.41, 5.74) is -0.760. The average molecular weight is 523 g/mol. The molecule has 7 nitrogen and oxygen atoms in total. The molecule has 2 heterocycles. The number of ether oxygens (including phenoxy) is 2. The molecule has 8 heteroatoms. The van der Waals surface area contributed by atoms with Gasteiger partial charge in [0.25, 0.3) is 5.56 Å². The minimum Gasteiger partial charge on any atom is -0.396 e. The van der Waals surface area contributed by atoms with E-state index in [1.54, 1.807) is 17.7 Å². The van der Waals surface area contributed by atoms with E-state index in [0.717, 1.165) is 16.8 Å². The minimum absolute atomic E-state index is 0.0658. The quantitative estimate of drug-likeness (QED) is 0.420. The van der Waals surface area contributed by atoms with Crippen molar-refractivity contribution in [1.82, 2.24) is 9.55 Å². The zero-order valence-electron chi connectivity index (χ0n) is 22.1. The summed E-state index contributed by atoms with van der Waals surface area (Å²) in [6.07, 6.45) is 3.35. The van der Waals surface area contributed by atoms with E-state index < -0.39 is 25.4 Å². The maximum absolute atomic E-state index is 13.5. The number of nitrogens with zero attached hydrogens (tertiary/aromatic N) is 1. The third kappa shape index (κ3) is 6.04. The Balaban J connectivity index is 1.95. The Hall–Kier alpha value is -2.78. The number of aryl methyl sites for hydroxylation is 1. The maximum atomic E-state index is 13.5. The number of rotatable bonds is 9. The fourth-order valence-corrected chi connectivity index (χ4v) is 9.35. The molecule has 198 valence electrons. The Morgan fingerprint density at radius 1 is 1.08 bits per heavy atom. The van der Waals surface area contributed by atoms with Gasteiger partial charge in [0.15, 0.2) is 8.80 Å². The van der Waals surface area contributed by atoms with E-state index in [1.165, 1.54) is 0 Å². The first kappa shape index (κ1) is 27.3. The Kier molecular flexibility index (Phi) is 8.33. The van der Waals surface area contributed by atoms with Crippen molar-refractivity contribution in [2.45, 2.75) is 64.0 Å². The highest BCUT2D eigenvalue weighted by Crippen LogP contribution is 2.42. The van der Waals surface area contributed by atoms with E-state index in [4.69, 9.17) is 9.47 Å². The topological polar surface area (TPSA) is 93.6 Å². The van der Waals surface area contributed by atoms with Crippen molar-refractivity contribution in [3.8, 4) is 0 Å². The highest BCUT2D eigenvalue weighted by molar-refractivity contribution is 6.86. The van der Waals surface area contributed by atoms with Gasteiger partial charge in [0.05, 0.1) is 18.3 Å². The third-order valence-corrected chi connectivity index (χ3v) is 10.7. The number of nitrogens with one attached hydrogen (secondary N) is 1. The van der Waals surface area contributed by atoms with Gasteiger partial charge in [-0.15, -0.1) is 0 Å². The monoisotopic (exact) mass is 522 g/mol. The molecule has 0 aliphatic carbocycles. The lowest BCUT2D eigenvalue weighted by atomic mass is 9.95. The number of benzene rings is 2. The summed E-state index contributed by atoms with van der Waals surface area (Å²) in [4.78, 5) is 28.4. The molecule has 0 amide bonds. The first-order valence-corrected chi connectivity index (χ1v) is 14.7. The Morgan fingerprint density at radius 3 is 2.22 bits per heavy atom. The van der Waals surface area contributed by atoms with Crippen LogP contribution in [0.3, 0.4) is 0 Å². The molecule has 4 rings (SSSR count). The summed E-state index contributed by atoms with van der Waals surface area (Å²) < 4.78 is 14.9. The van der Waals surface area contributed by atoms with Crippen LogP contribution < -0.4 is 21.6 Å². The predicted molar refractivity (Wildman–Crippen MR) is 148 cm³/mol. The smallest absolute Gasteiger partial charge is 0.330 e. The van der Waals surface area contributed by atoms with Gasteiger partial charge in [0.2, 0.25) is 0 Å². The Morgan fingerprint density at radius 2 is 1.68 bits per heavy atom. The van der Waals surface area contributed by atoms with Gasteiger partial charge in [-0.1, -0.05) is 71.0 Å². The second-order valence-electron chi connectivity index (χ2n) is 11.0. The van der Waals surface area contributed by atoms with Crippen molar-refractivity contribution in [3.63, 3.8) is 0 Å². The van der Waals surface area contributed by atoms with Gasteiger partial charge in [-0.3, -0.25) is 14.3 Å². The van der Waals surface area contributed by atoms with Crippen LogP contribution in [0.25, 0.3) is 0 Å². The number of aliphatic hydroxyl groups is 1. The second-order valence-corrected chi connectivity index (χ2v) is 14.1. The van der Waals surface area contributed by atoms with Gasteiger partial charge in [-0.05, 0) is 52.9 Å². The first-order valence-electron chi connectivity index (χ1n) is 13.0. The molecule has 3 atom stereocenters. The molecular formula is C29H38N2O5Si. The van der Waals surface area contributed by atoms with Crippen molar-refractivity contribution in [1.29, 1.82) is 0 Å². The van der Waals surface area contributed by atoms with Crippen LogP contribution in [-0.4, -0.2) is 48.4 Å². The van der Waals surface area contributed by atoms with Gasteiger partial charge in [0, 0.05) is 18.4 Å². The normalized spacial score (nSPS) is 22.0. The molecule has 1 aromatic heterocycles. The summed E-state index contributed by atoms with van der Waals surface area (Å²) in [6, 6.07) is 20.5. The van der Waals surface area contributed by atoms with Gasteiger partial charge in [0.1, 0.15) is 5.35 Å². The number of aromatic nitrogens is 2. The lowest BCUT2D eigenvalue weighted by Gasteiger charge is -2.39. The van der Waals surface area contributed by atoms with Crippen LogP contribution in [0.2, 0.25) is 0 Å². The van der Waals surface area contributed by atoms with Crippen molar-refractivity contribution < 1.29 is 14.6 Å². The lowest BCUT2D eigenvalue weighted by Crippen LogP contribution is -2.64. The fourth-order valence-electron chi connectivity index (χ4n) is 5.39. The highest BCUT2D eigenvalue weighted by atomic mass is 28.3. The van der Waals surface area contributed by atoms with Crippen molar-refractivity contribution in [2.24, 2.45) is 5.92 Å². The molecule has 0 saturated carbocycles. The summed E-state index contributed by atoms with van der Waals surface area (Å²) in [7, 11) is -2.31. The van der Waals surface area contributed by atoms with Crippen LogP contribution >= 0.6 is 0 Å². The number of hydrogen-bond acceptors (Lipinski definition) is 5. The molecule has 2 aromatic carbocycles. The van der Waals surface area contributed by atoms with Crippen LogP contribution in [0.5, 0.6) is 0 Å². The number of aliphatic hydroxyl groups excluding tert-OH is 1. The van der Waals surface area contributed by atoms with E-state index in [1.807, 2.05) is 57.2 Å². The molecule has 1 aliphatic rings. The SMILES string of the molecule is Cc1cn([C@@]2([SiH](c3ccccc3)c3ccccc3)C[C@H](CCCO)[C@@H](COC(C)(C)C)O2)c(=O)[nH]c1=O. The van der Waals surface area contributed by atoms with Crippen LogP contribution in [-0.2, 0) is 14.8 Å². The summed E-state index contributed by atoms with van der Waals surface area (Å²) in [6.45, 7) is 8.22. The third-order valence-electron chi connectivity index (χ3n) is 7.09. The second kappa shape index (κ2) is 11.3. The van der Waals surface area contributed by atoms with E-state index in [-0.39, 0.29) is 24.2 Å². The van der Waals surface area contributed by atoms with Crippen LogP contribution in [0.1, 0.15) is 45.6 Å². The van der Waals surface area contributed by atoms with Gasteiger partial charge in [-0.2, -0.15) is 0 Å². The Bertz CT molecular complexity index is 1250.